The molecule has 3 aromatic carbocycles. The topological polar surface area (TPSA) is 107 Å². The molecule has 1 heterocycles. The maximum Gasteiger partial charge on any atom is 0.305 e. The monoisotopic (exact) mass is 647 g/mol. The first-order chi connectivity index (χ1) is 19.1. The third kappa shape index (κ3) is 5.93. The molecule has 0 bridgehead atoms. The summed E-state index contributed by atoms with van der Waals surface area (Å²) in [6.45, 7) is 0.295. The van der Waals surface area contributed by atoms with Gasteiger partial charge in [-0.25, -0.2) is 0 Å². The summed E-state index contributed by atoms with van der Waals surface area (Å²) in [7, 11) is 0. The van der Waals surface area contributed by atoms with Gasteiger partial charge in [0.15, 0.2) is 6.29 Å². The van der Waals surface area contributed by atoms with E-state index in [1.807, 2.05) is 30.3 Å². The van der Waals surface area contributed by atoms with Crippen LogP contribution in [0.3, 0.4) is 0 Å². The van der Waals surface area contributed by atoms with Crippen molar-refractivity contribution < 1.29 is 29.6 Å². The fourth-order valence-electron chi connectivity index (χ4n) is 5.26. The van der Waals surface area contributed by atoms with Gasteiger partial charge in [-0.3, -0.25) is 9.59 Å². The Labute approximate surface area is 250 Å². The van der Waals surface area contributed by atoms with E-state index >= 15 is 0 Å². The normalized spacial score (nSPS) is 18.1. The highest BCUT2D eigenvalue weighted by atomic mass is 79.9. The summed E-state index contributed by atoms with van der Waals surface area (Å²) in [5, 5.41) is 30.7. The van der Waals surface area contributed by atoms with Gasteiger partial charge in [-0.2, -0.15) is 0 Å². The van der Waals surface area contributed by atoms with E-state index in [1.54, 1.807) is 35.2 Å². The zero-order valence-electron chi connectivity index (χ0n) is 21.4. The van der Waals surface area contributed by atoms with Crippen molar-refractivity contribution in [3.63, 3.8) is 0 Å². The number of aliphatic hydroxyl groups excluding tert-OH is 2. The lowest BCUT2D eigenvalue weighted by atomic mass is 9.86. The molecule has 1 aliphatic heterocycles. The predicted molar refractivity (Wildman–Crippen MR) is 154 cm³/mol. The molecule has 2 unspecified atom stereocenters. The molecule has 210 valence electrons. The quantitative estimate of drug-likeness (QED) is 0.185. The molecule has 10 heteroatoms. The van der Waals surface area contributed by atoms with E-state index in [0.29, 0.717) is 51.7 Å². The highest BCUT2D eigenvalue weighted by molar-refractivity contribution is 9.10. The summed E-state index contributed by atoms with van der Waals surface area (Å²) < 4.78 is 6.35. The van der Waals surface area contributed by atoms with Crippen LogP contribution in [-0.4, -0.2) is 45.0 Å². The minimum atomic E-state index is -1.59. The second-order valence-electron chi connectivity index (χ2n) is 10.4. The Bertz CT molecular complexity index is 1430. The van der Waals surface area contributed by atoms with Crippen molar-refractivity contribution in [1.29, 1.82) is 0 Å². The zero-order valence-corrected chi connectivity index (χ0v) is 24.5. The van der Waals surface area contributed by atoms with Crippen LogP contribution in [0, 0.1) is 5.41 Å². The Balaban J connectivity index is 1.50. The highest BCUT2D eigenvalue weighted by Crippen LogP contribution is 2.57. The van der Waals surface area contributed by atoms with Gasteiger partial charge >= 0.3 is 5.97 Å². The number of amides is 1. The second-order valence-corrected chi connectivity index (χ2v) is 12.1. The molecular weight excluding hydrogens is 621 g/mol. The number of benzene rings is 3. The Morgan fingerprint density at radius 2 is 1.80 bits per heavy atom. The smallest absolute Gasteiger partial charge is 0.305 e. The van der Waals surface area contributed by atoms with Gasteiger partial charge < -0.3 is 25.0 Å². The van der Waals surface area contributed by atoms with Crippen LogP contribution in [0.2, 0.25) is 10.0 Å². The average molecular weight is 649 g/mol. The van der Waals surface area contributed by atoms with Gasteiger partial charge in [0, 0.05) is 44.0 Å². The summed E-state index contributed by atoms with van der Waals surface area (Å²) >= 11 is 16.6. The van der Waals surface area contributed by atoms with E-state index in [2.05, 4.69) is 15.9 Å². The number of aliphatic hydroxyl groups is 3. The Hall–Kier alpha value is -2.46. The number of hydrogen-bond donors (Lipinski definition) is 3. The summed E-state index contributed by atoms with van der Waals surface area (Å²) in [6.07, 6.45) is -1.65. The standard InChI is InChI=1S/C30H28BrCl2NO6/c31-18-6-4-17(5-7-18)15-34-27(26-21(29(34)39)2-1-3-23(26)33)20-9-8-19(32)14-22(20)28(38)30(12-13-30)16-40-25(37)11-10-24(35)36/h1-9,14,24,27-28,35-36,38H,10-13,15-16H2. The van der Waals surface area contributed by atoms with E-state index in [-0.39, 0.29) is 25.4 Å². The first-order valence-electron chi connectivity index (χ1n) is 12.9. The summed E-state index contributed by atoms with van der Waals surface area (Å²) in [6, 6.07) is 17.6. The van der Waals surface area contributed by atoms with Crippen LogP contribution in [0.5, 0.6) is 0 Å². The zero-order chi connectivity index (χ0) is 28.6. The van der Waals surface area contributed by atoms with E-state index in [1.165, 1.54) is 0 Å². The van der Waals surface area contributed by atoms with Crippen LogP contribution in [0.15, 0.2) is 65.1 Å². The Morgan fingerprint density at radius 1 is 1.07 bits per heavy atom. The van der Waals surface area contributed by atoms with Gasteiger partial charge in [0.05, 0.1) is 25.2 Å². The molecule has 0 spiro atoms. The Kier molecular flexibility index (Phi) is 8.57. The van der Waals surface area contributed by atoms with Gasteiger partial charge in [-0.05, 0) is 65.9 Å². The molecule has 40 heavy (non-hydrogen) atoms. The molecule has 3 aromatic rings. The number of halogens is 3. The van der Waals surface area contributed by atoms with E-state index < -0.39 is 29.8 Å². The number of hydrogen-bond acceptors (Lipinski definition) is 6. The predicted octanol–water partition coefficient (Wildman–Crippen LogP) is 5.95. The van der Waals surface area contributed by atoms with Crippen molar-refractivity contribution >= 4 is 51.0 Å². The van der Waals surface area contributed by atoms with Crippen molar-refractivity contribution in [1.82, 2.24) is 4.90 Å². The molecule has 0 radical (unpaired) electrons. The number of esters is 1. The van der Waals surface area contributed by atoms with Crippen LogP contribution >= 0.6 is 39.1 Å². The molecule has 3 N–H and O–H groups in total. The van der Waals surface area contributed by atoms with Crippen molar-refractivity contribution in [2.75, 3.05) is 6.61 Å². The van der Waals surface area contributed by atoms with Crippen LogP contribution in [0.4, 0.5) is 0 Å². The number of fused-ring (bicyclic) bond motifs is 1. The molecule has 5 rings (SSSR count). The molecule has 1 saturated carbocycles. The van der Waals surface area contributed by atoms with Crippen molar-refractivity contribution in [2.24, 2.45) is 5.41 Å². The fraction of sp³-hybridized carbons (Fsp3) is 0.333. The van der Waals surface area contributed by atoms with Gasteiger partial charge in [-0.1, -0.05) is 63.4 Å². The molecular formula is C30H28BrCl2NO6. The lowest BCUT2D eigenvalue weighted by Gasteiger charge is -2.31. The minimum absolute atomic E-state index is 0.0238. The first-order valence-corrected chi connectivity index (χ1v) is 14.5. The van der Waals surface area contributed by atoms with Crippen LogP contribution in [-0.2, 0) is 16.1 Å². The third-order valence-electron chi connectivity index (χ3n) is 7.63. The SMILES string of the molecule is O=C(CCC(O)O)OCC1(C(O)c2cc(Cl)ccc2C2c3c(Cl)cccc3C(=O)N2Cc2ccc(Br)cc2)CC1. The summed E-state index contributed by atoms with van der Waals surface area (Å²) in [4.78, 5) is 27.6. The van der Waals surface area contributed by atoms with Crippen molar-refractivity contribution in [2.45, 2.75) is 50.7 Å². The molecule has 1 fully saturated rings. The lowest BCUT2D eigenvalue weighted by molar-refractivity contribution is -0.149. The third-order valence-corrected chi connectivity index (χ3v) is 8.73. The van der Waals surface area contributed by atoms with Crippen molar-refractivity contribution in [3.05, 3.63) is 103 Å². The number of carbonyl (C=O) groups is 2. The largest absolute Gasteiger partial charge is 0.465 e. The molecule has 1 amide bonds. The maximum atomic E-state index is 13.7. The van der Waals surface area contributed by atoms with Gasteiger partial charge in [0.2, 0.25) is 0 Å². The molecule has 0 aromatic heterocycles. The molecule has 2 aliphatic rings. The minimum Gasteiger partial charge on any atom is -0.465 e. The maximum absolute atomic E-state index is 13.7. The molecule has 1 aliphatic carbocycles. The van der Waals surface area contributed by atoms with E-state index in [9.17, 15) is 14.7 Å². The number of ether oxygens (including phenoxy) is 1. The number of rotatable bonds is 10. The lowest BCUT2D eigenvalue weighted by Crippen LogP contribution is -2.30. The van der Waals surface area contributed by atoms with Gasteiger partial charge in [0.1, 0.15) is 0 Å². The molecule has 0 saturated heterocycles. The highest BCUT2D eigenvalue weighted by Gasteiger charge is 2.52. The summed E-state index contributed by atoms with van der Waals surface area (Å²) in [5.41, 5.74) is 2.62. The average Bonchev–Trinajstić information content (AvgIpc) is 3.67. The van der Waals surface area contributed by atoms with E-state index in [0.717, 1.165) is 10.0 Å². The fourth-order valence-corrected chi connectivity index (χ4v) is 5.99. The number of carbonyl (C=O) groups excluding carboxylic acids is 2. The first kappa shape index (κ1) is 29.0. The van der Waals surface area contributed by atoms with Crippen LogP contribution in [0.1, 0.15) is 70.4 Å². The van der Waals surface area contributed by atoms with E-state index in [4.69, 9.17) is 38.2 Å². The van der Waals surface area contributed by atoms with Crippen LogP contribution < -0.4 is 0 Å². The number of nitrogens with zero attached hydrogens (tertiary/aromatic N) is 1. The van der Waals surface area contributed by atoms with Gasteiger partial charge in [-0.15, -0.1) is 0 Å². The van der Waals surface area contributed by atoms with Crippen molar-refractivity contribution in [3.8, 4) is 0 Å². The summed E-state index contributed by atoms with van der Waals surface area (Å²) in [5.74, 6) is -0.734. The van der Waals surface area contributed by atoms with Crippen LogP contribution in [0.25, 0.3) is 0 Å². The molecule has 2 atom stereocenters. The molecule has 7 nitrogen and oxygen atoms in total. The second kappa shape index (κ2) is 11.8. The Morgan fingerprint density at radius 3 is 2.48 bits per heavy atom. The van der Waals surface area contributed by atoms with Gasteiger partial charge in [0.25, 0.3) is 5.91 Å².